The molecule has 62 valence electrons. The molecule has 0 N–H and O–H groups in total. The Bertz CT molecular complexity index is 248. The Balaban J connectivity index is 0.00000121. The van der Waals surface area contributed by atoms with E-state index in [1.165, 1.54) is 17.9 Å². The molecule has 0 saturated heterocycles. The molecule has 1 aromatic heterocycles. The molecule has 0 spiro atoms. The van der Waals surface area contributed by atoms with Gasteiger partial charge in [-0.2, -0.15) is 0 Å². The minimum Gasteiger partial charge on any atom is -0.449 e. The van der Waals surface area contributed by atoms with Crippen LogP contribution in [0.5, 0.6) is 0 Å². The third-order valence-electron chi connectivity index (χ3n) is 1.09. The summed E-state index contributed by atoms with van der Waals surface area (Å²) in [5, 5.41) is 6.69. The van der Waals surface area contributed by atoms with Crippen LogP contribution in [0.25, 0.3) is 0 Å². The van der Waals surface area contributed by atoms with Gasteiger partial charge in [0.2, 0.25) is 0 Å². The number of halogens is 3. The van der Waals surface area contributed by atoms with E-state index in [0.29, 0.717) is 0 Å². The molecular weight excluding hydrogens is 197 g/mol. The van der Waals surface area contributed by atoms with Gasteiger partial charge in [-0.3, -0.25) is 4.68 Å². The Kier molecular flexibility index (Phi) is 5.00. The van der Waals surface area contributed by atoms with Crippen molar-refractivity contribution in [1.82, 2.24) is 15.0 Å². The van der Waals surface area contributed by atoms with Gasteiger partial charge in [0.1, 0.15) is 0 Å². The number of hydrogen-bond acceptors (Lipinski definition) is 2. The van der Waals surface area contributed by atoms with Crippen molar-refractivity contribution in [2.24, 2.45) is 7.05 Å². The van der Waals surface area contributed by atoms with E-state index in [1.807, 2.05) is 0 Å². The van der Waals surface area contributed by atoms with Crippen LogP contribution >= 0.6 is 0 Å². The minimum atomic E-state index is -4.78. The molecule has 0 saturated carbocycles. The number of aromatic nitrogens is 3. The van der Waals surface area contributed by atoms with Gasteiger partial charge in [-0.1, -0.05) is 5.21 Å². The second-order valence-electron chi connectivity index (χ2n) is 2.30. The maximum absolute atomic E-state index is 11.7. The summed E-state index contributed by atoms with van der Waals surface area (Å²) in [5.41, 5.74) is -0.0278. The van der Waals surface area contributed by atoms with Gasteiger partial charge in [-0.25, -0.2) is 0 Å². The van der Waals surface area contributed by atoms with Crippen LogP contribution in [0.15, 0.2) is 6.20 Å². The van der Waals surface area contributed by atoms with E-state index in [9.17, 15) is 12.9 Å². The summed E-state index contributed by atoms with van der Waals surface area (Å²) in [4.78, 5) is 0. The minimum absolute atomic E-state index is 0. The molecule has 0 aliphatic heterocycles. The number of nitrogens with zero attached hydrogens (tertiary/aromatic N) is 3. The number of hydrogen-bond donors (Lipinski definition) is 0. The van der Waals surface area contributed by atoms with Crippen molar-refractivity contribution in [3.8, 4) is 0 Å². The van der Waals surface area contributed by atoms with Gasteiger partial charge in [-0.05, 0) is 6.32 Å². The van der Waals surface area contributed by atoms with E-state index in [4.69, 9.17) is 0 Å². The fourth-order valence-electron chi connectivity index (χ4n) is 0.726. The van der Waals surface area contributed by atoms with E-state index in [1.54, 1.807) is 0 Å². The second kappa shape index (κ2) is 4.75. The third-order valence-corrected chi connectivity index (χ3v) is 1.09. The maximum atomic E-state index is 11.7. The van der Waals surface area contributed by atoms with Crippen molar-refractivity contribution >= 4 is 6.98 Å². The fourth-order valence-corrected chi connectivity index (χ4v) is 0.726. The maximum Gasteiger partial charge on any atom is 1.00 e. The van der Waals surface area contributed by atoms with Crippen LogP contribution in [0.2, 0.25) is 0 Å². The quantitative estimate of drug-likeness (QED) is 0.508. The molecule has 8 heteroatoms. The summed E-state index contributed by atoms with van der Waals surface area (Å²) >= 11 is 0. The summed E-state index contributed by atoms with van der Waals surface area (Å²) in [6.07, 6.45) is 0.309. The van der Waals surface area contributed by atoms with Crippen molar-refractivity contribution in [2.45, 2.75) is 6.32 Å². The van der Waals surface area contributed by atoms with E-state index in [2.05, 4.69) is 10.3 Å². The van der Waals surface area contributed by atoms with Crippen molar-refractivity contribution in [3.05, 3.63) is 11.9 Å². The molecule has 12 heavy (non-hydrogen) atoms. The van der Waals surface area contributed by atoms with Crippen molar-refractivity contribution in [1.29, 1.82) is 0 Å². The van der Waals surface area contributed by atoms with Crippen LogP contribution in [0.4, 0.5) is 12.9 Å². The largest absolute Gasteiger partial charge is 1.00 e. The zero-order valence-electron chi connectivity index (χ0n) is 6.84. The van der Waals surface area contributed by atoms with Crippen molar-refractivity contribution in [2.75, 3.05) is 0 Å². The molecule has 0 radical (unpaired) electrons. The van der Waals surface area contributed by atoms with Crippen LogP contribution < -0.4 is 51.4 Å². The zero-order valence-corrected chi connectivity index (χ0v) is 9.96. The first-order valence-electron chi connectivity index (χ1n) is 3.03. The summed E-state index contributed by atoms with van der Waals surface area (Å²) in [6.45, 7) is -4.78. The molecule has 1 heterocycles. The second-order valence-corrected chi connectivity index (χ2v) is 2.30. The first-order chi connectivity index (χ1) is 4.97. The van der Waals surface area contributed by atoms with Crippen LogP contribution in [0.3, 0.4) is 0 Å². The number of aryl methyl sites for hydroxylation is 1. The summed E-state index contributed by atoms with van der Waals surface area (Å²) in [6, 6.07) is 0. The molecule has 0 aliphatic carbocycles. The van der Waals surface area contributed by atoms with E-state index >= 15 is 0 Å². The van der Waals surface area contributed by atoms with Gasteiger partial charge in [0.15, 0.2) is 0 Å². The van der Waals surface area contributed by atoms with Gasteiger partial charge >= 0.3 is 58.4 Å². The van der Waals surface area contributed by atoms with Crippen LogP contribution in [0.1, 0.15) is 5.69 Å². The zero-order chi connectivity index (χ0) is 8.48. The fraction of sp³-hybridized carbons (Fsp3) is 0.500. The third kappa shape index (κ3) is 4.61. The average Bonchev–Trinajstić information content (AvgIpc) is 2.10. The molecule has 0 amide bonds. The summed E-state index contributed by atoms with van der Waals surface area (Å²) in [5.74, 6) is 0. The Labute approximate surface area is 110 Å². The SMILES string of the molecule is Cn1cc(C[B-](F)(F)F)nn1.[K+]. The van der Waals surface area contributed by atoms with Crippen LogP contribution in [-0.4, -0.2) is 22.0 Å². The first kappa shape index (κ1) is 12.6. The molecule has 1 aromatic rings. The van der Waals surface area contributed by atoms with E-state index in [0.717, 1.165) is 0 Å². The van der Waals surface area contributed by atoms with Crippen molar-refractivity contribution < 1.29 is 64.3 Å². The molecule has 3 nitrogen and oxygen atoms in total. The van der Waals surface area contributed by atoms with E-state index < -0.39 is 13.3 Å². The van der Waals surface area contributed by atoms with Crippen LogP contribution in [-0.2, 0) is 13.4 Å². The monoisotopic (exact) mass is 203 g/mol. The molecule has 1 rings (SSSR count). The average molecular weight is 203 g/mol. The Morgan fingerprint density at radius 2 is 2.08 bits per heavy atom. The molecular formula is C4H6BF3KN3. The Hall–Kier alpha value is 0.631. The summed E-state index contributed by atoms with van der Waals surface area (Å²) in [7, 11) is 1.53. The molecule has 0 unspecified atom stereocenters. The van der Waals surface area contributed by atoms with Gasteiger partial charge < -0.3 is 12.9 Å². The molecule has 0 atom stereocenters. The molecule has 0 fully saturated rings. The van der Waals surface area contributed by atoms with Gasteiger partial charge in [-0.15, -0.1) is 5.10 Å². The van der Waals surface area contributed by atoms with Crippen LogP contribution in [0, 0.1) is 0 Å². The standard InChI is InChI=1S/C4H6BF3N3.K/c1-11-3-4(9-10-11)2-5(6,7)8;/h3H,2H2,1H3;/q-1;+1. The normalized spacial score (nSPS) is 11.0. The van der Waals surface area contributed by atoms with Crippen molar-refractivity contribution in [3.63, 3.8) is 0 Å². The topological polar surface area (TPSA) is 30.7 Å². The van der Waals surface area contributed by atoms with Gasteiger partial charge in [0, 0.05) is 13.2 Å². The molecule has 0 bridgehead atoms. The number of rotatable bonds is 2. The smallest absolute Gasteiger partial charge is 0.449 e. The Morgan fingerprint density at radius 3 is 2.42 bits per heavy atom. The van der Waals surface area contributed by atoms with E-state index in [-0.39, 0.29) is 57.1 Å². The first-order valence-corrected chi connectivity index (χ1v) is 3.03. The summed E-state index contributed by atoms with van der Waals surface area (Å²) < 4.78 is 36.5. The van der Waals surface area contributed by atoms with Gasteiger partial charge in [0.25, 0.3) is 0 Å². The predicted octanol–water partition coefficient (Wildman–Crippen LogP) is -2.25. The Morgan fingerprint density at radius 1 is 1.50 bits per heavy atom. The van der Waals surface area contributed by atoms with Gasteiger partial charge in [0.05, 0.1) is 5.69 Å². The molecule has 0 aromatic carbocycles. The molecule has 0 aliphatic rings. The predicted molar refractivity (Wildman–Crippen MR) is 33.8 cm³/mol.